The Balaban J connectivity index is 2.45. The smallest absolute Gasteiger partial charge is 0.226 e. The van der Waals surface area contributed by atoms with E-state index in [1.54, 1.807) is 7.11 Å². The van der Waals surface area contributed by atoms with Crippen molar-refractivity contribution in [3.05, 3.63) is 0 Å². The molecule has 3 unspecified atom stereocenters. The van der Waals surface area contributed by atoms with Crippen LogP contribution in [0.3, 0.4) is 0 Å². The van der Waals surface area contributed by atoms with E-state index in [1.165, 1.54) is 0 Å². The Bertz CT molecular complexity index is 232. The molecule has 1 amide bonds. The lowest BCUT2D eigenvalue weighted by molar-refractivity contribution is -0.127. The van der Waals surface area contributed by atoms with Crippen LogP contribution in [-0.2, 0) is 14.3 Å². The Morgan fingerprint density at radius 3 is 3.00 bits per heavy atom. The van der Waals surface area contributed by atoms with E-state index >= 15 is 0 Å². The highest BCUT2D eigenvalue weighted by molar-refractivity contribution is 6.17. The van der Waals surface area contributed by atoms with Crippen LogP contribution in [0.4, 0.5) is 0 Å². The van der Waals surface area contributed by atoms with E-state index in [1.807, 2.05) is 6.92 Å². The summed E-state index contributed by atoms with van der Waals surface area (Å²) in [6.07, 6.45) is 2.48. The lowest BCUT2D eigenvalue weighted by Crippen LogP contribution is -2.43. The van der Waals surface area contributed by atoms with Gasteiger partial charge in [-0.2, -0.15) is 0 Å². The van der Waals surface area contributed by atoms with E-state index in [9.17, 15) is 4.79 Å². The Morgan fingerprint density at radius 2 is 2.41 bits per heavy atom. The standard InChI is InChI=1S/C12H22ClNO3/c1-3-11-10(5-7-17-11)12(15)14-9(4-6-13)8-16-2/h9-11H,3-8H2,1-2H3,(H,14,15). The summed E-state index contributed by atoms with van der Waals surface area (Å²) in [7, 11) is 1.63. The number of ether oxygens (including phenoxy) is 2. The topological polar surface area (TPSA) is 47.6 Å². The van der Waals surface area contributed by atoms with Gasteiger partial charge in [0.05, 0.1) is 24.7 Å². The average Bonchev–Trinajstić information content (AvgIpc) is 2.77. The van der Waals surface area contributed by atoms with Crippen LogP contribution in [0.1, 0.15) is 26.2 Å². The summed E-state index contributed by atoms with van der Waals surface area (Å²) in [5, 5.41) is 3.00. The zero-order valence-electron chi connectivity index (χ0n) is 10.6. The highest BCUT2D eigenvalue weighted by Gasteiger charge is 2.33. The highest BCUT2D eigenvalue weighted by atomic mass is 35.5. The third-order valence-electron chi connectivity index (χ3n) is 3.12. The third kappa shape index (κ3) is 4.45. The SMILES string of the molecule is CCC1OCCC1C(=O)NC(CCCl)COC. The minimum absolute atomic E-state index is 0.00288. The van der Waals surface area contributed by atoms with Gasteiger partial charge in [-0.25, -0.2) is 0 Å². The van der Waals surface area contributed by atoms with Crippen LogP contribution in [0.15, 0.2) is 0 Å². The number of carbonyl (C=O) groups excluding carboxylic acids is 1. The van der Waals surface area contributed by atoms with Gasteiger partial charge < -0.3 is 14.8 Å². The number of hydrogen-bond acceptors (Lipinski definition) is 3. The molecule has 0 bridgehead atoms. The van der Waals surface area contributed by atoms with Gasteiger partial charge in [-0.1, -0.05) is 6.92 Å². The Kier molecular flexibility index (Phi) is 6.85. The first-order chi connectivity index (χ1) is 8.22. The number of halogens is 1. The fourth-order valence-electron chi connectivity index (χ4n) is 2.19. The summed E-state index contributed by atoms with van der Waals surface area (Å²) in [5.41, 5.74) is 0. The molecule has 1 fully saturated rings. The molecule has 5 heteroatoms. The predicted octanol–water partition coefficient (Wildman–Crippen LogP) is 1.56. The van der Waals surface area contributed by atoms with Crippen LogP contribution < -0.4 is 5.32 Å². The maximum Gasteiger partial charge on any atom is 0.226 e. The van der Waals surface area contributed by atoms with Gasteiger partial charge >= 0.3 is 0 Å². The lowest BCUT2D eigenvalue weighted by atomic mass is 9.98. The quantitative estimate of drug-likeness (QED) is 0.709. The number of amides is 1. The van der Waals surface area contributed by atoms with Gasteiger partial charge in [-0.05, 0) is 19.3 Å². The van der Waals surface area contributed by atoms with E-state index in [-0.39, 0.29) is 24.0 Å². The summed E-state index contributed by atoms with van der Waals surface area (Å²) in [4.78, 5) is 12.1. The molecule has 0 spiro atoms. The fraction of sp³-hybridized carbons (Fsp3) is 0.917. The molecule has 1 heterocycles. The molecular weight excluding hydrogens is 242 g/mol. The number of carbonyl (C=O) groups is 1. The molecule has 17 heavy (non-hydrogen) atoms. The minimum Gasteiger partial charge on any atom is -0.383 e. The van der Waals surface area contributed by atoms with E-state index in [4.69, 9.17) is 21.1 Å². The number of alkyl halides is 1. The largest absolute Gasteiger partial charge is 0.383 e. The first-order valence-corrected chi connectivity index (χ1v) is 6.73. The molecule has 4 nitrogen and oxygen atoms in total. The predicted molar refractivity (Wildman–Crippen MR) is 67.3 cm³/mol. The van der Waals surface area contributed by atoms with E-state index in [0.29, 0.717) is 19.1 Å². The number of nitrogens with one attached hydrogen (secondary N) is 1. The van der Waals surface area contributed by atoms with Crippen molar-refractivity contribution in [2.45, 2.75) is 38.3 Å². The molecule has 0 aromatic heterocycles. The van der Waals surface area contributed by atoms with Crippen molar-refractivity contribution >= 4 is 17.5 Å². The van der Waals surface area contributed by atoms with E-state index < -0.39 is 0 Å². The molecule has 1 rings (SSSR count). The number of hydrogen-bond donors (Lipinski definition) is 1. The summed E-state index contributed by atoms with van der Waals surface area (Å²) >= 11 is 5.70. The second-order valence-electron chi connectivity index (χ2n) is 4.35. The fourth-order valence-corrected chi connectivity index (χ4v) is 2.45. The van der Waals surface area contributed by atoms with Gasteiger partial charge in [-0.3, -0.25) is 4.79 Å². The second kappa shape index (κ2) is 7.90. The molecule has 0 aliphatic carbocycles. The number of rotatable bonds is 7. The third-order valence-corrected chi connectivity index (χ3v) is 3.34. The molecule has 1 aliphatic rings. The minimum atomic E-state index is -0.0188. The zero-order chi connectivity index (χ0) is 12.7. The summed E-state index contributed by atoms with van der Waals surface area (Å²) in [6, 6.07) is 0.00288. The summed E-state index contributed by atoms with van der Waals surface area (Å²) in [6.45, 7) is 3.23. The van der Waals surface area contributed by atoms with Gasteiger partial charge in [0.2, 0.25) is 5.91 Å². The van der Waals surface area contributed by atoms with Gasteiger partial charge in [0.25, 0.3) is 0 Å². The molecule has 0 aromatic rings. The first-order valence-electron chi connectivity index (χ1n) is 6.19. The summed E-state index contributed by atoms with van der Waals surface area (Å²) in [5.74, 6) is 0.573. The van der Waals surface area contributed by atoms with Crippen molar-refractivity contribution in [2.24, 2.45) is 5.92 Å². The zero-order valence-corrected chi connectivity index (χ0v) is 11.3. The van der Waals surface area contributed by atoms with Crippen LogP contribution in [0.25, 0.3) is 0 Å². The molecule has 0 radical (unpaired) electrons. The van der Waals surface area contributed by atoms with Crippen LogP contribution in [-0.4, -0.2) is 44.3 Å². The molecule has 0 saturated carbocycles. The second-order valence-corrected chi connectivity index (χ2v) is 4.73. The van der Waals surface area contributed by atoms with Crippen LogP contribution in [0.5, 0.6) is 0 Å². The normalized spacial score (nSPS) is 25.8. The highest BCUT2D eigenvalue weighted by Crippen LogP contribution is 2.23. The maximum absolute atomic E-state index is 12.1. The lowest BCUT2D eigenvalue weighted by Gasteiger charge is -2.21. The van der Waals surface area contributed by atoms with Gasteiger partial charge in [0.1, 0.15) is 0 Å². The molecule has 100 valence electrons. The molecule has 1 aliphatic heterocycles. The van der Waals surface area contributed by atoms with Crippen molar-refractivity contribution in [3.63, 3.8) is 0 Å². The van der Waals surface area contributed by atoms with Gasteiger partial charge in [-0.15, -0.1) is 11.6 Å². The average molecular weight is 264 g/mol. The van der Waals surface area contributed by atoms with Gasteiger partial charge in [0, 0.05) is 19.6 Å². The van der Waals surface area contributed by atoms with Gasteiger partial charge in [0.15, 0.2) is 0 Å². The summed E-state index contributed by atoms with van der Waals surface area (Å²) < 4.78 is 10.6. The van der Waals surface area contributed by atoms with Crippen molar-refractivity contribution in [1.82, 2.24) is 5.32 Å². The van der Waals surface area contributed by atoms with Crippen molar-refractivity contribution in [1.29, 1.82) is 0 Å². The Hall–Kier alpha value is -0.320. The maximum atomic E-state index is 12.1. The number of methoxy groups -OCH3 is 1. The van der Waals surface area contributed by atoms with Crippen molar-refractivity contribution in [3.8, 4) is 0 Å². The monoisotopic (exact) mass is 263 g/mol. The molecular formula is C12H22ClNO3. The van der Waals surface area contributed by atoms with Crippen LogP contribution in [0.2, 0.25) is 0 Å². The Labute approximate surface area is 108 Å². The first kappa shape index (κ1) is 14.7. The van der Waals surface area contributed by atoms with E-state index in [0.717, 1.165) is 19.3 Å². The molecule has 1 N–H and O–H groups in total. The molecule has 3 atom stereocenters. The van der Waals surface area contributed by atoms with Crippen LogP contribution in [0, 0.1) is 5.92 Å². The van der Waals surface area contributed by atoms with Crippen molar-refractivity contribution < 1.29 is 14.3 Å². The van der Waals surface area contributed by atoms with E-state index in [2.05, 4.69) is 5.32 Å². The molecule has 0 aromatic carbocycles. The molecule has 1 saturated heterocycles. The van der Waals surface area contributed by atoms with Crippen LogP contribution >= 0.6 is 11.6 Å². The Morgan fingerprint density at radius 1 is 1.65 bits per heavy atom. The van der Waals surface area contributed by atoms with Crippen molar-refractivity contribution in [2.75, 3.05) is 26.2 Å².